The average molecular weight is 544 g/mol. The number of amides is 2. The second-order valence-electron chi connectivity index (χ2n) is 8.19. The molecular formula is C27H30ClN3O5S. The number of rotatable bonds is 11. The van der Waals surface area contributed by atoms with Crippen molar-refractivity contribution in [2.45, 2.75) is 30.8 Å². The summed E-state index contributed by atoms with van der Waals surface area (Å²) in [6.07, 6.45) is 0.345. The van der Waals surface area contributed by atoms with Crippen molar-refractivity contribution in [3.05, 3.63) is 89.4 Å². The first-order valence-electron chi connectivity index (χ1n) is 11.7. The number of methoxy groups -OCH3 is 1. The van der Waals surface area contributed by atoms with Crippen LogP contribution in [0.1, 0.15) is 18.9 Å². The lowest BCUT2D eigenvalue weighted by atomic mass is 10.1. The van der Waals surface area contributed by atoms with E-state index in [2.05, 4.69) is 5.32 Å². The third kappa shape index (κ3) is 6.61. The van der Waals surface area contributed by atoms with Crippen LogP contribution in [0.15, 0.2) is 83.8 Å². The number of ether oxygens (including phenoxy) is 1. The van der Waals surface area contributed by atoms with E-state index in [1.54, 1.807) is 25.1 Å². The summed E-state index contributed by atoms with van der Waals surface area (Å²) in [5.41, 5.74) is 0.999. The van der Waals surface area contributed by atoms with Crippen LogP contribution in [0.2, 0.25) is 5.02 Å². The minimum Gasteiger partial charge on any atom is -0.495 e. The molecule has 0 saturated heterocycles. The average Bonchev–Trinajstić information content (AvgIpc) is 2.92. The Labute approximate surface area is 222 Å². The number of nitrogens with one attached hydrogen (secondary N) is 1. The van der Waals surface area contributed by atoms with Gasteiger partial charge in [0.15, 0.2) is 0 Å². The lowest BCUT2D eigenvalue weighted by molar-refractivity contribution is -0.140. The number of halogens is 1. The summed E-state index contributed by atoms with van der Waals surface area (Å²) >= 11 is 6.31. The van der Waals surface area contributed by atoms with E-state index < -0.39 is 28.5 Å². The summed E-state index contributed by atoms with van der Waals surface area (Å²) in [4.78, 5) is 27.9. The highest BCUT2D eigenvalue weighted by Gasteiger charge is 2.33. The molecule has 0 fully saturated rings. The first kappa shape index (κ1) is 28.0. The number of likely N-dealkylation sites (N-methyl/N-ethyl adjacent to an activating group) is 1. The van der Waals surface area contributed by atoms with Crippen molar-refractivity contribution < 1.29 is 22.7 Å². The number of sulfonamides is 1. The van der Waals surface area contributed by atoms with E-state index in [0.717, 1.165) is 9.87 Å². The molecule has 0 aliphatic carbocycles. The Hall–Kier alpha value is -3.56. The lowest BCUT2D eigenvalue weighted by Gasteiger charge is -2.33. The van der Waals surface area contributed by atoms with Gasteiger partial charge in [0.1, 0.15) is 18.3 Å². The van der Waals surface area contributed by atoms with Gasteiger partial charge >= 0.3 is 0 Å². The largest absolute Gasteiger partial charge is 0.495 e. The SMILES string of the molecule is CC[C@H](C(=O)NC)N(Cc1ccccc1)C(=O)CN(c1ccc(OC)c(Cl)c1)S(=O)(=O)c1ccccc1. The van der Waals surface area contributed by atoms with Gasteiger partial charge in [0.05, 0.1) is 22.7 Å². The van der Waals surface area contributed by atoms with Gasteiger partial charge < -0.3 is 15.0 Å². The van der Waals surface area contributed by atoms with E-state index in [1.807, 2.05) is 30.3 Å². The van der Waals surface area contributed by atoms with Crippen molar-refractivity contribution in [1.82, 2.24) is 10.2 Å². The highest BCUT2D eigenvalue weighted by Crippen LogP contribution is 2.32. The van der Waals surface area contributed by atoms with E-state index in [1.165, 1.54) is 49.4 Å². The number of nitrogens with zero attached hydrogens (tertiary/aromatic N) is 2. The van der Waals surface area contributed by atoms with Gasteiger partial charge in [-0.3, -0.25) is 13.9 Å². The predicted molar refractivity (Wildman–Crippen MR) is 144 cm³/mol. The minimum atomic E-state index is -4.16. The van der Waals surface area contributed by atoms with Crippen molar-refractivity contribution in [2.24, 2.45) is 0 Å². The molecule has 0 bridgehead atoms. The highest BCUT2D eigenvalue weighted by atomic mass is 35.5. The Morgan fingerprint density at radius 2 is 1.62 bits per heavy atom. The van der Waals surface area contributed by atoms with Gasteiger partial charge in [0.25, 0.3) is 10.0 Å². The Bertz CT molecular complexity index is 1320. The third-order valence-electron chi connectivity index (χ3n) is 5.86. The van der Waals surface area contributed by atoms with Crippen molar-refractivity contribution in [3.8, 4) is 5.75 Å². The number of hydrogen-bond acceptors (Lipinski definition) is 5. The quantitative estimate of drug-likeness (QED) is 0.393. The Morgan fingerprint density at radius 1 is 1.00 bits per heavy atom. The van der Waals surface area contributed by atoms with Crippen LogP contribution in [0.5, 0.6) is 5.75 Å². The molecule has 0 unspecified atom stereocenters. The normalized spacial score (nSPS) is 11.9. The standard InChI is InChI=1S/C27H30ClN3O5S/c1-4-24(27(33)29-2)30(18-20-11-7-5-8-12-20)26(32)19-31(21-15-16-25(36-3)23(28)17-21)37(34,35)22-13-9-6-10-14-22/h5-17,24H,4,18-19H2,1-3H3,(H,29,33)/t24-/m1/s1. The molecule has 2 amide bonds. The van der Waals surface area contributed by atoms with Crippen molar-refractivity contribution >= 4 is 39.1 Å². The smallest absolute Gasteiger partial charge is 0.264 e. The van der Waals surface area contributed by atoms with Crippen LogP contribution in [0.25, 0.3) is 0 Å². The first-order chi connectivity index (χ1) is 17.7. The predicted octanol–water partition coefficient (Wildman–Crippen LogP) is 4.10. The molecule has 1 N–H and O–H groups in total. The summed E-state index contributed by atoms with van der Waals surface area (Å²) in [6.45, 7) is 1.39. The lowest BCUT2D eigenvalue weighted by Crippen LogP contribution is -2.51. The molecule has 3 aromatic carbocycles. The molecule has 37 heavy (non-hydrogen) atoms. The van der Waals surface area contributed by atoms with E-state index in [0.29, 0.717) is 12.2 Å². The first-order valence-corrected chi connectivity index (χ1v) is 13.5. The second-order valence-corrected chi connectivity index (χ2v) is 10.5. The van der Waals surface area contributed by atoms with Crippen LogP contribution in [0, 0.1) is 0 Å². The zero-order chi connectivity index (χ0) is 27.0. The maximum absolute atomic E-state index is 13.8. The monoisotopic (exact) mass is 543 g/mol. The fraction of sp³-hybridized carbons (Fsp3) is 0.259. The Balaban J connectivity index is 2.07. The number of carbonyl (C=O) groups excluding carboxylic acids is 2. The fourth-order valence-electron chi connectivity index (χ4n) is 3.93. The van der Waals surface area contributed by atoms with E-state index >= 15 is 0 Å². The fourth-order valence-corrected chi connectivity index (χ4v) is 5.60. The van der Waals surface area contributed by atoms with Crippen LogP contribution in [-0.4, -0.2) is 51.9 Å². The highest BCUT2D eigenvalue weighted by molar-refractivity contribution is 7.92. The number of benzene rings is 3. The zero-order valence-electron chi connectivity index (χ0n) is 20.9. The summed E-state index contributed by atoms with van der Waals surface area (Å²) in [5, 5.41) is 2.80. The zero-order valence-corrected chi connectivity index (χ0v) is 22.5. The summed E-state index contributed by atoms with van der Waals surface area (Å²) in [5.74, 6) is -0.507. The van der Waals surface area contributed by atoms with Gasteiger partial charge in [-0.15, -0.1) is 0 Å². The Morgan fingerprint density at radius 3 is 2.16 bits per heavy atom. The maximum atomic E-state index is 13.8. The van der Waals surface area contributed by atoms with Crippen LogP contribution >= 0.6 is 11.6 Å². The summed E-state index contributed by atoms with van der Waals surface area (Å²) in [6, 6.07) is 20.8. The van der Waals surface area contributed by atoms with Crippen molar-refractivity contribution in [2.75, 3.05) is 25.0 Å². The van der Waals surface area contributed by atoms with Crippen LogP contribution in [-0.2, 0) is 26.2 Å². The van der Waals surface area contributed by atoms with Gasteiger partial charge in [-0.25, -0.2) is 8.42 Å². The molecule has 0 aliphatic heterocycles. The van der Waals surface area contributed by atoms with Gasteiger partial charge in [-0.2, -0.15) is 0 Å². The van der Waals surface area contributed by atoms with Crippen LogP contribution < -0.4 is 14.4 Å². The molecule has 0 heterocycles. The van der Waals surface area contributed by atoms with Gasteiger partial charge in [-0.05, 0) is 42.3 Å². The Kier molecular flexibility index (Phi) is 9.54. The summed E-state index contributed by atoms with van der Waals surface area (Å²) < 4.78 is 33.7. The van der Waals surface area contributed by atoms with E-state index in [9.17, 15) is 18.0 Å². The van der Waals surface area contributed by atoms with Crippen molar-refractivity contribution in [3.63, 3.8) is 0 Å². The topological polar surface area (TPSA) is 96.0 Å². The molecule has 3 rings (SSSR count). The summed E-state index contributed by atoms with van der Waals surface area (Å²) in [7, 11) is -1.21. The van der Waals surface area contributed by atoms with Crippen molar-refractivity contribution in [1.29, 1.82) is 0 Å². The molecule has 0 saturated carbocycles. The molecule has 8 nitrogen and oxygen atoms in total. The van der Waals surface area contributed by atoms with Gasteiger partial charge in [0, 0.05) is 13.6 Å². The molecule has 0 spiro atoms. The number of hydrogen-bond donors (Lipinski definition) is 1. The number of anilines is 1. The van der Waals surface area contributed by atoms with Gasteiger partial charge in [0.2, 0.25) is 11.8 Å². The van der Waals surface area contributed by atoms with E-state index in [-0.39, 0.29) is 28.1 Å². The van der Waals surface area contributed by atoms with Crippen LogP contribution in [0.4, 0.5) is 5.69 Å². The molecule has 0 radical (unpaired) electrons. The van der Waals surface area contributed by atoms with E-state index in [4.69, 9.17) is 16.3 Å². The number of carbonyl (C=O) groups is 2. The molecule has 1 atom stereocenters. The molecule has 0 aromatic heterocycles. The minimum absolute atomic E-state index is 0.0164. The molecular weight excluding hydrogens is 514 g/mol. The van der Waals surface area contributed by atoms with Crippen LogP contribution in [0.3, 0.4) is 0 Å². The van der Waals surface area contributed by atoms with Gasteiger partial charge in [-0.1, -0.05) is 67.1 Å². The molecule has 196 valence electrons. The molecule has 10 heteroatoms. The maximum Gasteiger partial charge on any atom is 0.264 e. The third-order valence-corrected chi connectivity index (χ3v) is 7.94. The molecule has 0 aliphatic rings. The second kappa shape index (κ2) is 12.6. The molecule has 3 aromatic rings.